The fourth-order valence-corrected chi connectivity index (χ4v) is 1.42. The third-order valence-corrected chi connectivity index (χ3v) is 2.40. The van der Waals surface area contributed by atoms with Crippen molar-refractivity contribution in [2.75, 3.05) is 5.32 Å². The number of hydrogen-bond acceptors (Lipinski definition) is 5. The van der Waals surface area contributed by atoms with E-state index in [-0.39, 0.29) is 30.9 Å². The first kappa shape index (κ1) is 17.6. The van der Waals surface area contributed by atoms with Crippen LogP contribution in [0.15, 0.2) is 24.3 Å². The number of aliphatic carboxylic acids is 1. The van der Waals surface area contributed by atoms with Gasteiger partial charge in [-0.05, 0) is 18.6 Å². The highest BCUT2D eigenvalue weighted by Gasteiger charge is 2.18. The molecule has 1 amide bonds. The molecule has 110 valence electrons. The van der Waals surface area contributed by atoms with Gasteiger partial charge < -0.3 is 16.2 Å². The maximum absolute atomic E-state index is 11.0. The molecule has 8 nitrogen and oxygen atoms in total. The maximum atomic E-state index is 11.0. The second-order valence-electron chi connectivity index (χ2n) is 3.84. The molecule has 4 N–H and O–H groups in total. The summed E-state index contributed by atoms with van der Waals surface area (Å²) < 4.78 is 0. The minimum absolute atomic E-state index is 0. The van der Waals surface area contributed by atoms with Gasteiger partial charge in [0.1, 0.15) is 6.04 Å². The standard InChI is InChI=1S/C11H13N3O5.ClH/c12-10(15)6-5-9(11(16)17)13-7-1-3-8(4-2-7)14(18)19;/h1-4,9,13H,5-6H2,(H2,12,15)(H,16,17);1H. The smallest absolute Gasteiger partial charge is 0.326 e. The Morgan fingerprint density at radius 3 is 2.30 bits per heavy atom. The number of amides is 1. The molecule has 0 saturated carbocycles. The summed E-state index contributed by atoms with van der Waals surface area (Å²) in [4.78, 5) is 31.5. The van der Waals surface area contributed by atoms with Gasteiger partial charge in [0.25, 0.3) is 5.69 Å². The van der Waals surface area contributed by atoms with Crippen molar-refractivity contribution in [3.63, 3.8) is 0 Å². The van der Waals surface area contributed by atoms with E-state index >= 15 is 0 Å². The van der Waals surface area contributed by atoms with Crippen molar-refractivity contribution >= 4 is 35.7 Å². The number of benzene rings is 1. The highest BCUT2D eigenvalue weighted by atomic mass is 35.5. The topological polar surface area (TPSA) is 136 Å². The minimum Gasteiger partial charge on any atom is -0.480 e. The van der Waals surface area contributed by atoms with E-state index in [9.17, 15) is 19.7 Å². The molecule has 0 aliphatic rings. The van der Waals surface area contributed by atoms with Crippen LogP contribution in [0.4, 0.5) is 11.4 Å². The van der Waals surface area contributed by atoms with Crippen molar-refractivity contribution in [1.29, 1.82) is 0 Å². The van der Waals surface area contributed by atoms with Crippen LogP contribution >= 0.6 is 12.4 Å². The summed E-state index contributed by atoms with van der Waals surface area (Å²) in [5, 5.41) is 22.1. The predicted octanol–water partition coefficient (Wildman–Crippen LogP) is 1.15. The van der Waals surface area contributed by atoms with Crippen molar-refractivity contribution in [2.45, 2.75) is 18.9 Å². The number of non-ortho nitro benzene ring substituents is 1. The second kappa shape index (κ2) is 7.95. The Labute approximate surface area is 120 Å². The monoisotopic (exact) mass is 303 g/mol. The maximum Gasteiger partial charge on any atom is 0.326 e. The van der Waals surface area contributed by atoms with Crippen LogP contribution in [-0.4, -0.2) is 27.9 Å². The van der Waals surface area contributed by atoms with Gasteiger partial charge in [-0.2, -0.15) is 0 Å². The summed E-state index contributed by atoms with van der Waals surface area (Å²) in [6.07, 6.45) is -0.0153. The molecule has 1 aromatic rings. The molecule has 1 unspecified atom stereocenters. The van der Waals surface area contributed by atoms with Gasteiger partial charge in [-0.15, -0.1) is 12.4 Å². The van der Waals surface area contributed by atoms with E-state index < -0.39 is 22.8 Å². The summed E-state index contributed by atoms with van der Waals surface area (Å²) in [5.74, 6) is -1.71. The van der Waals surface area contributed by atoms with E-state index in [0.29, 0.717) is 5.69 Å². The number of nitrogens with two attached hydrogens (primary N) is 1. The fourth-order valence-electron chi connectivity index (χ4n) is 1.42. The van der Waals surface area contributed by atoms with Crippen LogP contribution < -0.4 is 11.1 Å². The highest BCUT2D eigenvalue weighted by molar-refractivity contribution is 5.85. The first-order valence-electron chi connectivity index (χ1n) is 5.42. The lowest BCUT2D eigenvalue weighted by molar-refractivity contribution is -0.384. The molecule has 0 aliphatic heterocycles. The van der Waals surface area contributed by atoms with E-state index in [2.05, 4.69) is 5.32 Å². The van der Waals surface area contributed by atoms with Gasteiger partial charge in [-0.3, -0.25) is 14.9 Å². The van der Waals surface area contributed by atoms with E-state index in [1.807, 2.05) is 0 Å². The molecular formula is C11H14ClN3O5. The molecule has 0 aromatic heterocycles. The molecule has 1 aromatic carbocycles. The summed E-state index contributed by atoms with van der Waals surface area (Å²) in [6.45, 7) is 0. The summed E-state index contributed by atoms with van der Waals surface area (Å²) in [7, 11) is 0. The molecule has 1 atom stereocenters. The van der Waals surface area contributed by atoms with Gasteiger partial charge >= 0.3 is 5.97 Å². The van der Waals surface area contributed by atoms with Crippen LogP contribution in [0.2, 0.25) is 0 Å². The molecule has 0 aliphatic carbocycles. The SMILES string of the molecule is Cl.NC(=O)CCC(Nc1ccc([N+](=O)[O-])cc1)C(=O)O. The lowest BCUT2D eigenvalue weighted by Crippen LogP contribution is -2.30. The first-order chi connectivity index (χ1) is 8.90. The van der Waals surface area contributed by atoms with E-state index in [1.165, 1.54) is 24.3 Å². The summed E-state index contributed by atoms with van der Waals surface area (Å²) >= 11 is 0. The normalized spacial score (nSPS) is 11.0. The number of nitro benzene ring substituents is 1. The largest absolute Gasteiger partial charge is 0.480 e. The number of hydrogen-bond donors (Lipinski definition) is 3. The van der Waals surface area contributed by atoms with Gasteiger partial charge in [0.05, 0.1) is 4.92 Å². The molecule has 1 rings (SSSR count). The quantitative estimate of drug-likeness (QED) is 0.510. The number of nitro groups is 1. The van der Waals surface area contributed by atoms with Gasteiger partial charge in [0.15, 0.2) is 0 Å². The molecule has 0 radical (unpaired) electrons. The number of carbonyl (C=O) groups is 2. The van der Waals surface area contributed by atoms with Crippen molar-refractivity contribution < 1.29 is 19.6 Å². The van der Waals surface area contributed by atoms with Gasteiger partial charge in [0.2, 0.25) is 5.91 Å². The Morgan fingerprint density at radius 1 is 1.35 bits per heavy atom. The minimum atomic E-state index is -1.13. The van der Waals surface area contributed by atoms with Gasteiger partial charge in [-0.25, -0.2) is 4.79 Å². The number of primary amides is 1. The molecule has 20 heavy (non-hydrogen) atoms. The van der Waals surface area contributed by atoms with Crippen LogP contribution in [0.5, 0.6) is 0 Å². The zero-order chi connectivity index (χ0) is 14.4. The third-order valence-electron chi connectivity index (χ3n) is 2.40. The average molecular weight is 304 g/mol. The average Bonchev–Trinajstić information content (AvgIpc) is 2.34. The highest BCUT2D eigenvalue weighted by Crippen LogP contribution is 2.17. The molecular weight excluding hydrogens is 290 g/mol. The molecule has 0 fully saturated rings. The molecule has 9 heteroatoms. The number of carboxylic acid groups (broad SMARTS) is 1. The van der Waals surface area contributed by atoms with E-state index in [0.717, 1.165) is 0 Å². The van der Waals surface area contributed by atoms with Gasteiger partial charge in [0, 0.05) is 24.2 Å². The number of carbonyl (C=O) groups excluding carboxylic acids is 1. The number of carboxylic acids is 1. The number of nitrogens with one attached hydrogen (secondary N) is 1. The number of halogens is 1. The van der Waals surface area contributed by atoms with Crippen molar-refractivity contribution in [3.05, 3.63) is 34.4 Å². The Morgan fingerprint density at radius 2 is 1.90 bits per heavy atom. The molecule has 0 saturated heterocycles. The number of anilines is 1. The Hall–Kier alpha value is -2.35. The second-order valence-corrected chi connectivity index (χ2v) is 3.84. The van der Waals surface area contributed by atoms with E-state index in [4.69, 9.17) is 10.8 Å². The Bertz CT molecular complexity index is 491. The third kappa shape index (κ3) is 5.53. The zero-order valence-electron chi connectivity index (χ0n) is 10.3. The van der Waals surface area contributed by atoms with Gasteiger partial charge in [-0.1, -0.05) is 0 Å². The van der Waals surface area contributed by atoms with Crippen LogP contribution in [-0.2, 0) is 9.59 Å². The van der Waals surface area contributed by atoms with Crippen molar-refractivity contribution in [1.82, 2.24) is 0 Å². The zero-order valence-corrected chi connectivity index (χ0v) is 11.1. The number of rotatable bonds is 7. The van der Waals surface area contributed by atoms with E-state index in [1.54, 1.807) is 0 Å². The van der Waals surface area contributed by atoms with Crippen LogP contribution in [0.1, 0.15) is 12.8 Å². The molecule has 0 heterocycles. The molecule has 0 bridgehead atoms. The summed E-state index contributed by atoms with van der Waals surface area (Å²) in [6, 6.07) is 4.34. The van der Waals surface area contributed by atoms with Crippen LogP contribution in [0, 0.1) is 10.1 Å². The number of nitrogens with zero attached hydrogens (tertiary/aromatic N) is 1. The molecule has 0 spiro atoms. The van der Waals surface area contributed by atoms with Crippen molar-refractivity contribution in [3.8, 4) is 0 Å². The predicted molar refractivity (Wildman–Crippen MR) is 73.8 cm³/mol. The van der Waals surface area contributed by atoms with Crippen LogP contribution in [0.25, 0.3) is 0 Å². The lowest BCUT2D eigenvalue weighted by Gasteiger charge is -2.14. The first-order valence-corrected chi connectivity index (χ1v) is 5.42. The fraction of sp³-hybridized carbons (Fsp3) is 0.273. The van der Waals surface area contributed by atoms with Crippen LogP contribution in [0.3, 0.4) is 0 Å². The van der Waals surface area contributed by atoms with Crippen molar-refractivity contribution in [2.24, 2.45) is 5.73 Å². The Kier molecular flexibility index (Phi) is 7.01. The Balaban J connectivity index is 0.00000361. The summed E-state index contributed by atoms with van der Waals surface area (Å²) in [5.41, 5.74) is 5.28. The lowest BCUT2D eigenvalue weighted by atomic mass is 10.1.